The Morgan fingerprint density at radius 1 is 1.59 bits per heavy atom. The van der Waals surface area contributed by atoms with Gasteiger partial charge in [-0.2, -0.15) is 0 Å². The number of carbonyl (C=O) groups excluding carboxylic acids is 1. The Hall–Kier alpha value is -1.29. The van der Waals surface area contributed by atoms with Crippen molar-refractivity contribution in [3.63, 3.8) is 0 Å². The van der Waals surface area contributed by atoms with Crippen molar-refractivity contribution in [2.45, 2.75) is 12.8 Å². The van der Waals surface area contributed by atoms with E-state index in [4.69, 9.17) is 11.6 Å². The van der Waals surface area contributed by atoms with Gasteiger partial charge in [0.1, 0.15) is 5.82 Å². The van der Waals surface area contributed by atoms with Crippen molar-refractivity contribution < 1.29 is 4.79 Å². The summed E-state index contributed by atoms with van der Waals surface area (Å²) in [5.74, 6) is 1.07. The molecule has 1 aliphatic rings. The van der Waals surface area contributed by atoms with Crippen LogP contribution in [0, 0.1) is 5.92 Å². The lowest BCUT2D eigenvalue weighted by Gasteiger charge is -2.32. The Bertz CT molecular complexity index is 393. The Balaban J connectivity index is 2.06. The van der Waals surface area contributed by atoms with Gasteiger partial charge in [-0.25, -0.2) is 4.98 Å². The van der Waals surface area contributed by atoms with Crippen LogP contribution in [0.1, 0.15) is 12.8 Å². The summed E-state index contributed by atoms with van der Waals surface area (Å²) in [4.78, 5) is 18.0. The van der Waals surface area contributed by atoms with Gasteiger partial charge in [0.15, 0.2) is 0 Å². The molecule has 0 aromatic carbocycles. The van der Waals surface area contributed by atoms with E-state index in [9.17, 15) is 4.79 Å². The molecular formula is C12H16ClN3O. The lowest BCUT2D eigenvalue weighted by atomic mass is 9.97. The maximum absolute atomic E-state index is 11.6. The third-order valence-electron chi connectivity index (χ3n) is 3.07. The second-order valence-electron chi connectivity index (χ2n) is 4.23. The van der Waals surface area contributed by atoms with Gasteiger partial charge < -0.3 is 10.2 Å². The number of nitrogens with one attached hydrogen (secondary N) is 1. The van der Waals surface area contributed by atoms with E-state index in [1.54, 1.807) is 13.2 Å². The van der Waals surface area contributed by atoms with Gasteiger partial charge in [-0.05, 0) is 25.0 Å². The van der Waals surface area contributed by atoms with Crippen LogP contribution in [0.4, 0.5) is 5.82 Å². The number of amides is 1. The van der Waals surface area contributed by atoms with Crippen LogP contribution in [0.15, 0.2) is 18.3 Å². The summed E-state index contributed by atoms with van der Waals surface area (Å²) in [6, 6.07) is 3.72. The van der Waals surface area contributed by atoms with Crippen LogP contribution >= 0.6 is 11.6 Å². The SMILES string of the molecule is CNC(=O)C1CCCN(c2ccc(Cl)cn2)C1. The molecule has 0 radical (unpaired) electrons. The highest BCUT2D eigenvalue weighted by Crippen LogP contribution is 2.22. The predicted octanol–water partition coefficient (Wildman–Crippen LogP) is 1.70. The monoisotopic (exact) mass is 253 g/mol. The summed E-state index contributed by atoms with van der Waals surface area (Å²) in [6.07, 6.45) is 3.60. The van der Waals surface area contributed by atoms with Crippen LogP contribution in [0.3, 0.4) is 0 Å². The summed E-state index contributed by atoms with van der Waals surface area (Å²) < 4.78 is 0. The van der Waals surface area contributed by atoms with Crippen molar-refractivity contribution in [1.82, 2.24) is 10.3 Å². The molecule has 1 atom stereocenters. The van der Waals surface area contributed by atoms with E-state index >= 15 is 0 Å². The molecule has 4 nitrogen and oxygen atoms in total. The summed E-state index contributed by atoms with van der Waals surface area (Å²) in [5, 5.41) is 3.34. The van der Waals surface area contributed by atoms with E-state index in [1.165, 1.54) is 0 Å². The van der Waals surface area contributed by atoms with Crippen LogP contribution in [0.5, 0.6) is 0 Å². The molecule has 92 valence electrons. The number of pyridine rings is 1. The van der Waals surface area contributed by atoms with E-state index in [0.29, 0.717) is 5.02 Å². The first kappa shape index (κ1) is 12.2. The zero-order chi connectivity index (χ0) is 12.3. The fourth-order valence-electron chi connectivity index (χ4n) is 2.16. The fourth-order valence-corrected chi connectivity index (χ4v) is 2.27. The van der Waals surface area contributed by atoms with E-state index < -0.39 is 0 Å². The van der Waals surface area contributed by atoms with Crippen molar-refractivity contribution in [1.29, 1.82) is 0 Å². The lowest BCUT2D eigenvalue weighted by molar-refractivity contribution is -0.124. The normalized spacial score (nSPS) is 20.1. The first-order chi connectivity index (χ1) is 8.20. The van der Waals surface area contributed by atoms with Crippen LogP contribution in [-0.2, 0) is 4.79 Å². The summed E-state index contributed by atoms with van der Waals surface area (Å²) in [6.45, 7) is 1.68. The molecule has 2 rings (SSSR count). The number of carbonyl (C=O) groups is 1. The largest absolute Gasteiger partial charge is 0.359 e. The molecule has 5 heteroatoms. The Labute approximate surface area is 106 Å². The second-order valence-corrected chi connectivity index (χ2v) is 4.67. The maximum Gasteiger partial charge on any atom is 0.224 e. The fraction of sp³-hybridized carbons (Fsp3) is 0.500. The molecule has 0 aliphatic carbocycles. The minimum atomic E-state index is 0.0613. The number of hydrogen-bond donors (Lipinski definition) is 1. The molecule has 1 N–H and O–H groups in total. The van der Waals surface area contributed by atoms with Gasteiger partial charge >= 0.3 is 0 Å². The van der Waals surface area contributed by atoms with Gasteiger partial charge in [0, 0.05) is 26.3 Å². The van der Waals surface area contributed by atoms with Gasteiger partial charge in [-0.3, -0.25) is 4.79 Å². The second kappa shape index (κ2) is 5.36. The first-order valence-electron chi connectivity index (χ1n) is 5.79. The number of aromatic nitrogens is 1. The number of rotatable bonds is 2. The molecule has 1 amide bonds. The number of hydrogen-bond acceptors (Lipinski definition) is 3. The molecule has 0 spiro atoms. The highest BCUT2D eigenvalue weighted by molar-refractivity contribution is 6.30. The molecule has 1 aromatic rings. The Morgan fingerprint density at radius 2 is 2.41 bits per heavy atom. The Kier molecular flexibility index (Phi) is 3.84. The van der Waals surface area contributed by atoms with Crippen molar-refractivity contribution in [3.05, 3.63) is 23.4 Å². The topological polar surface area (TPSA) is 45.2 Å². The minimum absolute atomic E-state index is 0.0613. The highest BCUT2D eigenvalue weighted by atomic mass is 35.5. The Morgan fingerprint density at radius 3 is 3.06 bits per heavy atom. The zero-order valence-corrected chi connectivity index (χ0v) is 10.6. The molecule has 2 heterocycles. The smallest absolute Gasteiger partial charge is 0.224 e. The van der Waals surface area contributed by atoms with Crippen molar-refractivity contribution >= 4 is 23.3 Å². The average molecular weight is 254 g/mol. The lowest BCUT2D eigenvalue weighted by Crippen LogP contribution is -2.42. The van der Waals surface area contributed by atoms with E-state index in [0.717, 1.165) is 31.7 Å². The molecule has 0 bridgehead atoms. The van der Waals surface area contributed by atoms with Crippen LogP contribution in [-0.4, -0.2) is 31.0 Å². The van der Waals surface area contributed by atoms with Gasteiger partial charge in [0.2, 0.25) is 5.91 Å². The van der Waals surface area contributed by atoms with E-state index in [2.05, 4.69) is 15.2 Å². The molecule has 1 fully saturated rings. The molecule has 0 saturated carbocycles. The van der Waals surface area contributed by atoms with Gasteiger partial charge in [0.25, 0.3) is 0 Å². The van der Waals surface area contributed by atoms with Crippen LogP contribution in [0.25, 0.3) is 0 Å². The third-order valence-corrected chi connectivity index (χ3v) is 3.30. The van der Waals surface area contributed by atoms with Crippen molar-refractivity contribution in [2.75, 3.05) is 25.0 Å². The molecule has 1 unspecified atom stereocenters. The number of piperidine rings is 1. The highest BCUT2D eigenvalue weighted by Gasteiger charge is 2.25. The van der Waals surface area contributed by atoms with Crippen molar-refractivity contribution in [2.24, 2.45) is 5.92 Å². The van der Waals surface area contributed by atoms with Gasteiger partial charge in [0.05, 0.1) is 10.9 Å². The molecule has 17 heavy (non-hydrogen) atoms. The van der Waals surface area contributed by atoms with Crippen molar-refractivity contribution in [3.8, 4) is 0 Å². The molecular weight excluding hydrogens is 238 g/mol. The van der Waals surface area contributed by atoms with E-state index in [-0.39, 0.29) is 11.8 Å². The number of nitrogens with zero attached hydrogens (tertiary/aromatic N) is 2. The molecule has 1 saturated heterocycles. The van der Waals surface area contributed by atoms with E-state index in [1.807, 2.05) is 12.1 Å². The average Bonchev–Trinajstić information content (AvgIpc) is 2.39. The first-order valence-corrected chi connectivity index (χ1v) is 6.16. The summed E-state index contributed by atoms with van der Waals surface area (Å²) in [7, 11) is 1.68. The third kappa shape index (κ3) is 2.88. The molecule has 1 aromatic heterocycles. The zero-order valence-electron chi connectivity index (χ0n) is 9.82. The maximum atomic E-state index is 11.6. The quantitative estimate of drug-likeness (QED) is 0.873. The van der Waals surface area contributed by atoms with Crippen LogP contribution < -0.4 is 10.2 Å². The predicted molar refractivity (Wildman–Crippen MR) is 68.3 cm³/mol. The standard InChI is InChI=1S/C12H16ClN3O/c1-14-12(17)9-3-2-6-16(8-9)11-5-4-10(13)7-15-11/h4-5,7,9H,2-3,6,8H2,1H3,(H,14,17). The summed E-state index contributed by atoms with van der Waals surface area (Å²) >= 11 is 5.81. The summed E-state index contributed by atoms with van der Waals surface area (Å²) in [5.41, 5.74) is 0. The van der Waals surface area contributed by atoms with Crippen LogP contribution in [0.2, 0.25) is 5.02 Å². The number of anilines is 1. The van der Waals surface area contributed by atoms with Gasteiger partial charge in [-0.1, -0.05) is 11.6 Å². The number of halogens is 1. The molecule has 1 aliphatic heterocycles. The minimum Gasteiger partial charge on any atom is -0.359 e. The van der Waals surface area contributed by atoms with Gasteiger partial charge in [-0.15, -0.1) is 0 Å².